The number of morpholine rings is 1. The van der Waals surface area contributed by atoms with Gasteiger partial charge in [0.1, 0.15) is 0 Å². The van der Waals surface area contributed by atoms with Crippen molar-refractivity contribution in [2.45, 2.75) is 37.7 Å². The summed E-state index contributed by atoms with van der Waals surface area (Å²) in [4.78, 5) is 6.96. The van der Waals surface area contributed by atoms with Gasteiger partial charge < -0.3 is 25.2 Å². The molecule has 1 aromatic carbocycles. The van der Waals surface area contributed by atoms with Crippen LogP contribution in [0.5, 0.6) is 0 Å². The van der Waals surface area contributed by atoms with Crippen molar-refractivity contribution in [2.75, 3.05) is 65.7 Å². The third kappa shape index (κ3) is 6.67. The Kier molecular flexibility index (Phi) is 8.50. The Morgan fingerprint density at radius 1 is 1.10 bits per heavy atom. The van der Waals surface area contributed by atoms with E-state index >= 15 is 0 Å². The van der Waals surface area contributed by atoms with E-state index in [2.05, 4.69) is 52.8 Å². The van der Waals surface area contributed by atoms with Crippen LogP contribution in [0.4, 0.5) is 0 Å². The SMILES string of the molecule is CCNC(=NCC(C)(O)CN1CCOCC1)NCC1(c2ccccc2)CCOCC1. The summed E-state index contributed by atoms with van der Waals surface area (Å²) in [6.45, 7) is 11.2. The van der Waals surface area contributed by atoms with Crippen LogP contribution in [0.15, 0.2) is 35.3 Å². The molecule has 7 nitrogen and oxygen atoms in total. The zero-order valence-electron chi connectivity index (χ0n) is 18.5. The third-order valence-corrected chi connectivity index (χ3v) is 6.02. The third-order valence-electron chi connectivity index (χ3n) is 6.02. The number of nitrogens with zero attached hydrogens (tertiary/aromatic N) is 2. The van der Waals surface area contributed by atoms with Crippen LogP contribution in [0, 0.1) is 0 Å². The first-order chi connectivity index (χ1) is 14.5. The maximum atomic E-state index is 10.9. The van der Waals surface area contributed by atoms with E-state index in [0.717, 1.165) is 71.4 Å². The monoisotopic (exact) mass is 418 g/mol. The molecule has 0 aliphatic carbocycles. The van der Waals surface area contributed by atoms with Gasteiger partial charge in [-0.1, -0.05) is 30.3 Å². The summed E-state index contributed by atoms with van der Waals surface area (Å²) in [5.41, 5.74) is 0.498. The molecule has 2 saturated heterocycles. The minimum absolute atomic E-state index is 0.0338. The van der Waals surface area contributed by atoms with E-state index in [0.29, 0.717) is 13.1 Å². The lowest BCUT2D eigenvalue weighted by atomic mass is 9.74. The molecule has 1 unspecified atom stereocenters. The fourth-order valence-electron chi connectivity index (χ4n) is 4.26. The second-order valence-corrected chi connectivity index (χ2v) is 8.69. The molecule has 0 radical (unpaired) electrons. The number of ether oxygens (including phenoxy) is 2. The lowest BCUT2D eigenvalue weighted by Gasteiger charge is -2.38. The summed E-state index contributed by atoms with van der Waals surface area (Å²) in [5, 5.41) is 17.7. The Hall–Kier alpha value is -1.67. The molecule has 7 heteroatoms. The number of hydrogen-bond donors (Lipinski definition) is 3. The quantitative estimate of drug-likeness (QED) is 0.437. The molecule has 2 aliphatic heterocycles. The van der Waals surface area contributed by atoms with Gasteiger partial charge in [-0.05, 0) is 32.3 Å². The van der Waals surface area contributed by atoms with Crippen LogP contribution in [0.1, 0.15) is 32.3 Å². The number of guanidine groups is 1. The molecular weight excluding hydrogens is 380 g/mol. The number of hydrogen-bond acceptors (Lipinski definition) is 5. The Bertz CT molecular complexity index is 654. The molecule has 0 amide bonds. The van der Waals surface area contributed by atoms with Gasteiger partial charge in [-0.3, -0.25) is 9.89 Å². The number of β-amino-alcohol motifs (C(OH)–C–C–N with tert-alkyl or cyclic N) is 1. The molecule has 30 heavy (non-hydrogen) atoms. The van der Waals surface area contributed by atoms with Crippen LogP contribution in [-0.2, 0) is 14.9 Å². The van der Waals surface area contributed by atoms with Crippen molar-refractivity contribution in [3.05, 3.63) is 35.9 Å². The van der Waals surface area contributed by atoms with E-state index in [1.54, 1.807) is 0 Å². The first-order valence-corrected chi connectivity index (χ1v) is 11.2. The van der Waals surface area contributed by atoms with Gasteiger partial charge in [0.05, 0.1) is 25.4 Å². The molecule has 2 heterocycles. The average molecular weight is 419 g/mol. The van der Waals surface area contributed by atoms with Gasteiger partial charge in [-0.2, -0.15) is 0 Å². The molecule has 1 aromatic rings. The second kappa shape index (κ2) is 11.1. The normalized spacial score (nSPS) is 22.3. The standard InChI is InChI=1S/C23H38N4O3/c1-3-24-21(25-17-22(2,28)19-27-11-15-30-16-12-27)26-18-23(9-13-29-14-10-23)20-7-5-4-6-8-20/h4-8,28H,3,9-19H2,1-2H3,(H2,24,25,26). The van der Waals surface area contributed by atoms with Crippen molar-refractivity contribution in [1.82, 2.24) is 15.5 Å². The van der Waals surface area contributed by atoms with E-state index in [1.165, 1.54) is 5.56 Å². The summed E-state index contributed by atoms with van der Waals surface area (Å²) in [6, 6.07) is 10.7. The molecule has 2 fully saturated rings. The summed E-state index contributed by atoms with van der Waals surface area (Å²) in [6.07, 6.45) is 1.97. The molecule has 1 atom stereocenters. The lowest BCUT2D eigenvalue weighted by molar-refractivity contribution is -0.0180. The van der Waals surface area contributed by atoms with E-state index in [-0.39, 0.29) is 5.41 Å². The van der Waals surface area contributed by atoms with E-state index < -0.39 is 5.60 Å². The topological polar surface area (TPSA) is 78.4 Å². The number of aliphatic hydroxyl groups is 1. The Labute approximate surface area is 180 Å². The lowest BCUT2D eigenvalue weighted by Crippen LogP contribution is -2.50. The molecule has 3 N–H and O–H groups in total. The van der Waals surface area contributed by atoms with Crippen molar-refractivity contribution in [3.63, 3.8) is 0 Å². The van der Waals surface area contributed by atoms with Gasteiger partial charge >= 0.3 is 0 Å². The van der Waals surface area contributed by atoms with Crippen LogP contribution in [0.3, 0.4) is 0 Å². The number of aliphatic imine (C=N–C) groups is 1. The van der Waals surface area contributed by atoms with Gasteiger partial charge in [0.25, 0.3) is 0 Å². The van der Waals surface area contributed by atoms with Crippen molar-refractivity contribution in [3.8, 4) is 0 Å². The summed E-state index contributed by atoms with van der Waals surface area (Å²) < 4.78 is 11.0. The second-order valence-electron chi connectivity index (χ2n) is 8.69. The molecule has 0 spiro atoms. The maximum Gasteiger partial charge on any atom is 0.191 e. The highest BCUT2D eigenvalue weighted by Gasteiger charge is 2.34. The van der Waals surface area contributed by atoms with Gasteiger partial charge in [0, 0.05) is 51.4 Å². The molecular formula is C23H38N4O3. The first kappa shape index (κ1) is 23.0. The van der Waals surface area contributed by atoms with E-state index in [1.807, 2.05) is 6.92 Å². The largest absolute Gasteiger partial charge is 0.387 e. The Morgan fingerprint density at radius 3 is 2.43 bits per heavy atom. The smallest absolute Gasteiger partial charge is 0.191 e. The Balaban J connectivity index is 1.63. The number of benzene rings is 1. The van der Waals surface area contributed by atoms with Crippen LogP contribution < -0.4 is 10.6 Å². The highest BCUT2D eigenvalue weighted by molar-refractivity contribution is 5.80. The molecule has 0 saturated carbocycles. The van der Waals surface area contributed by atoms with E-state index in [4.69, 9.17) is 14.5 Å². The predicted octanol–water partition coefficient (Wildman–Crippen LogP) is 1.37. The molecule has 2 aliphatic rings. The van der Waals surface area contributed by atoms with Crippen LogP contribution in [0.2, 0.25) is 0 Å². The van der Waals surface area contributed by atoms with Crippen molar-refractivity contribution >= 4 is 5.96 Å². The van der Waals surface area contributed by atoms with Gasteiger partial charge in [-0.25, -0.2) is 0 Å². The minimum atomic E-state index is -0.879. The highest BCUT2D eigenvalue weighted by Crippen LogP contribution is 2.34. The fraction of sp³-hybridized carbons (Fsp3) is 0.696. The Morgan fingerprint density at radius 2 is 1.77 bits per heavy atom. The number of nitrogens with one attached hydrogen (secondary N) is 2. The summed E-state index contributed by atoms with van der Waals surface area (Å²) >= 11 is 0. The average Bonchev–Trinajstić information content (AvgIpc) is 2.77. The van der Waals surface area contributed by atoms with Crippen molar-refractivity contribution < 1.29 is 14.6 Å². The van der Waals surface area contributed by atoms with Gasteiger partial charge in [-0.15, -0.1) is 0 Å². The zero-order chi connectivity index (χ0) is 21.3. The van der Waals surface area contributed by atoms with Gasteiger partial charge in [0.15, 0.2) is 5.96 Å². The number of rotatable bonds is 8. The first-order valence-electron chi connectivity index (χ1n) is 11.2. The predicted molar refractivity (Wildman–Crippen MR) is 120 cm³/mol. The highest BCUT2D eigenvalue weighted by atomic mass is 16.5. The van der Waals surface area contributed by atoms with Gasteiger partial charge in [0.2, 0.25) is 0 Å². The fourth-order valence-corrected chi connectivity index (χ4v) is 4.26. The zero-order valence-corrected chi connectivity index (χ0v) is 18.5. The maximum absolute atomic E-state index is 10.9. The van der Waals surface area contributed by atoms with Crippen LogP contribution in [-0.4, -0.2) is 87.3 Å². The summed E-state index contributed by atoms with van der Waals surface area (Å²) in [7, 11) is 0. The van der Waals surface area contributed by atoms with Crippen LogP contribution in [0.25, 0.3) is 0 Å². The minimum Gasteiger partial charge on any atom is -0.387 e. The molecule has 0 aromatic heterocycles. The molecule has 168 valence electrons. The molecule has 0 bridgehead atoms. The summed E-state index contributed by atoms with van der Waals surface area (Å²) in [5.74, 6) is 0.751. The van der Waals surface area contributed by atoms with Crippen LogP contribution >= 0.6 is 0 Å². The van der Waals surface area contributed by atoms with Crippen molar-refractivity contribution in [2.24, 2.45) is 4.99 Å². The molecule has 3 rings (SSSR count). The van der Waals surface area contributed by atoms with E-state index in [9.17, 15) is 5.11 Å². The van der Waals surface area contributed by atoms with Crippen molar-refractivity contribution in [1.29, 1.82) is 0 Å².